The summed E-state index contributed by atoms with van der Waals surface area (Å²) in [5, 5.41) is 1.14. The number of aromatic amines is 1. The van der Waals surface area contributed by atoms with Crippen LogP contribution in [0.2, 0.25) is 0 Å². The van der Waals surface area contributed by atoms with Crippen molar-refractivity contribution in [3.8, 4) is 0 Å². The Morgan fingerprint density at radius 3 is 2.77 bits per heavy atom. The predicted molar refractivity (Wildman–Crippen MR) is 52.7 cm³/mol. The first-order chi connectivity index (χ1) is 6.18. The predicted octanol–water partition coefficient (Wildman–Crippen LogP) is 2.39. The molecule has 0 unspecified atom stereocenters. The zero-order valence-corrected chi connectivity index (χ0v) is 8.13. The minimum atomic E-state index is 0.444. The quantitative estimate of drug-likeness (QED) is 0.723. The van der Waals surface area contributed by atoms with E-state index < -0.39 is 0 Å². The number of aromatic nitrogens is 3. The maximum atomic E-state index is 4.44. The van der Waals surface area contributed by atoms with Crippen LogP contribution in [0, 0.1) is 6.92 Å². The fourth-order valence-corrected chi connectivity index (χ4v) is 1.52. The van der Waals surface area contributed by atoms with Crippen molar-refractivity contribution in [1.82, 2.24) is 15.0 Å². The average Bonchev–Trinajstić information content (AvgIpc) is 2.49. The van der Waals surface area contributed by atoms with E-state index in [2.05, 4.69) is 28.8 Å². The van der Waals surface area contributed by atoms with Crippen LogP contribution < -0.4 is 0 Å². The standard InChI is InChI=1S/C10H13N3/c1-6(2)9-8-4-5-11-10(8)13-7(3)12-9/h4-6H,1-3H3,(H,11,12,13). The van der Waals surface area contributed by atoms with Gasteiger partial charge >= 0.3 is 0 Å². The second-order valence-electron chi connectivity index (χ2n) is 3.55. The van der Waals surface area contributed by atoms with Crippen LogP contribution in [-0.4, -0.2) is 15.0 Å². The van der Waals surface area contributed by atoms with Gasteiger partial charge in [-0.3, -0.25) is 0 Å². The molecular weight excluding hydrogens is 162 g/mol. The summed E-state index contributed by atoms with van der Waals surface area (Å²) in [6.07, 6.45) is 1.91. The number of nitrogens with one attached hydrogen (secondary N) is 1. The van der Waals surface area contributed by atoms with Crippen LogP contribution >= 0.6 is 0 Å². The summed E-state index contributed by atoms with van der Waals surface area (Å²) < 4.78 is 0. The molecule has 2 aromatic heterocycles. The lowest BCUT2D eigenvalue weighted by Crippen LogP contribution is -1.98. The van der Waals surface area contributed by atoms with E-state index >= 15 is 0 Å². The molecule has 2 heterocycles. The third-order valence-corrected chi connectivity index (χ3v) is 2.10. The first kappa shape index (κ1) is 8.23. The van der Waals surface area contributed by atoms with Crippen LogP contribution in [0.1, 0.15) is 31.3 Å². The highest BCUT2D eigenvalue weighted by Crippen LogP contribution is 2.21. The molecule has 0 aliphatic rings. The van der Waals surface area contributed by atoms with E-state index in [9.17, 15) is 0 Å². The van der Waals surface area contributed by atoms with Gasteiger partial charge in [0.1, 0.15) is 11.5 Å². The Labute approximate surface area is 77.2 Å². The number of H-pyrrole nitrogens is 1. The lowest BCUT2D eigenvalue weighted by Gasteiger charge is -2.06. The van der Waals surface area contributed by atoms with Gasteiger partial charge in [-0.1, -0.05) is 13.8 Å². The van der Waals surface area contributed by atoms with Gasteiger partial charge in [-0.15, -0.1) is 0 Å². The monoisotopic (exact) mass is 175 g/mol. The van der Waals surface area contributed by atoms with Crippen LogP contribution in [0.5, 0.6) is 0 Å². The van der Waals surface area contributed by atoms with Crippen LogP contribution in [0.3, 0.4) is 0 Å². The molecule has 2 rings (SSSR count). The van der Waals surface area contributed by atoms with Gasteiger partial charge in [-0.2, -0.15) is 0 Å². The lowest BCUT2D eigenvalue weighted by atomic mass is 10.1. The maximum absolute atomic E-state index is 4.44. The largest absolute Gasteiger partial charge is 0.346 e. The molecule has 0 bridgehead atoms. The van der Waals surface area contributed by atoms with Crippen molar-refractivity contribution in [2.24, 2.45) is 0 Å². The van der Waals surface area contributed by atoms with Gasteiger partial charge in [0.25, 0.3) is 0 Å². The summed E-state index contributed by atoms with van der Waals surface area (Å²) in [6.45, 7) is 6.22. The molecule has 0 amide bonds. The highest BCUT2D eigenvalue weighted by Gasteiger charge is 2.09. The van der Waals surface area contributed by atoms with E-state index in [4.69, 9.17) is 0 Å². The zero-order valence-electron chi connectivity index (χ0n) is 8.13. The molecule has 1 N–H and O–H groups in total. The summed E-state index contributed by atoms with van der Waals surface area (Å²) >= 11 is 0. The summed E-state index contributed by atoms with van der Waals surface area (Å²) in [4.78, 5) is 11.9. The Hall–Kier alpha value is -1.38. The van der Waals surface area contributed by atoms with Crippen LogP contribution in [0.15, 0.2) is 12.3 Å². The van der Waals surface area contributed by atoms with E-state index in [-0.39, 0.29) is 0 Å². The van der Waals surface area contributed by atoms with Gasteiger partial charge < -0.3 is 4.98 Å². The van der Waals surface area contributed by atoms with Gasteiger partial charge in [0.2, 0.25) is 0 Å². The summed E-state index contributed by atoms with van der Waals surface area (Å²) in [5.74, 6) is 1.28. The number of nitrogens with zero attached hydrogens (tertiary/aromatic N) is 2. The van der Waals surface area contributed by atoms with Gasteiger partial charge in [0.05, 0.1) is 5.69 Å². The van der Waals surface area contributed by atoms with E-state index in [1.807, 2.05) is 19.2 Å². The van der Waals surface area contributed by atoms with Crippen molar-refractivity contribution < 1.29 is 0 Å². The fraction of sp³-hybridized carbons (Fsp3) is 0.400. The number of rotatable bonds is 1. The molecule has 68 valence electrons. The molecule has 3 heteroatoms. The Balaban J connectivity index is 2.77. The first-order valence-electron chi connectivity index (χ1n) is 4.50. The molecule has 0 saturated carbocycles. The SMILES string of the molecule is Cc1nc(C(C)C)c2cc[nH]c2n1. The van der Waals surface area contributed by atoms with Gasteiger partial charge in [-0.05, 0) is 18.9 Å². The number of fused-ring (bicyclic) bond motifs is 1. The molecule has 13 heavy (non-hydrogen) atoms. The smallest absolute Gasteiger partial charge is 0.141 e. The molecular formula is C10H13N3. The minimum Gasteiger partial charge on any atom is -0.346 e. The average molecular weight is 175 g/mol. The molecule has 0 fully saturated rings. The minimum absolute atomic E-state index is 0.444. The van der Waals surface area contributed by atoms with Crippen LogP contribution in [0.25, 0.3) is 11.0 Å². The van der Waals surface area contributed by atoms with Crippen LogP contribution in [-0.2, 0) is 0 Å². The molecule has 0 aliphatic carbocycles. The van der Waals surface area contributed by atoms with Crippen molar-refractivity contribution >= 4 is 11.0 Å². The topological polar surface area (TPSA) is 41.6 Å². The van der Waals surface area contributed by atoms with E-state index in [0.29, 0.717) is 5.92 Å². The molecule has 0 atom stereocenters. The van der Waals surface area contributed by atoms with E-state index in [0.717, 1.165) is 22.6 Å². The molecule has 3 nitrogen and oxygen atoms in total. The van der Waals surface area contributed by atoms with Gasteiger partial charge in [-0.25, -0.2) is 9.97 Å². The fourth-order valence-electron chi connectivity index (χ4n) is 1.52. The third-order valence-electron chi connectivity index (χ3n) is 2.10. The molecule has 0 radical (unpaired) electrons. The second-order valence-corrected chi connectivity index (χ2v) is 3.55. The number of aryl methyl sites for hydroxylation is 1. The molecule has 0 aliphatic heterocycles. The van der Waals surface area contributed by atoms with Crippen molar-refractivity contribution in [1.29, 1.82) is 0 Å². The number of hydrogen-bond donors (Lipinski definition) is 1. The van der Waals surface area contributed by atoms with Crippen LogP contribution in [0.4, 0.5) is 0 Å². The van der Waals surface area contributed by atoms with Gasteiger partial charge in [0.15, 0.2) is 0 Å². The highest BCUT2D eigenvalue weighted by atomic mass is 14.9. The van der Waals surface area contributed by atoms with Crippen molar-refractivity contribution in [3.05, 3.63) is 23.8 Å². The van der Waals surface area contributed by atoms with Crippen molar-refractivity contribution in [2.45, 2.75) is 26.7 Å². The summed E-state index contributed by atoms with van der Waals surface area (Å²) in [6, 6.07) is 2.03. The Bertz CT molecular complexity index is 429. The Morgan fingerprint density at radius 2 is 2.08 bits per heavy atom. The third kappa shape index (κ3) is 1.30. The summed E-state index contributed by atoms with van der Waals surface area (Å²) in [5.41, 5.74) is 2.07. The second kappa shape index (κ2) is 2.83. The van der Waals surface area contributed by atoms with E-state index in [1.54, 1.807) is 0 Å². The molecule has 0 saturated heterocycles. The normalized spacial score (nSPS) is 11.4. The van der Waals surface area contributed by atoms with E-state index in [1.165, 1.54) is 0 Å². The van der Waals surface area contributed by atoms with Crippen molar-refractivity contribution in [2.75, 3.05) is 0 Å². The number of hydrogen-bond acceptors (Lipinski definition) is 2. The lowest BCUT2D eigenvalue weighted by molar-refractivity contribution is 0.817. The van der Waals surface area contributed by atoms with Gasteiger partial charge in [0, 0.05) is 11.6 Å². The summed E-state index contributed by atoms with van der Waals surface area (Å²) in [7, 11) is 0. The first-order valence-corrected chi connectivity index (χ1v) is 4.50. The molecule has 2 aromatic rings. The van der Waals surface area contributed by atoms with Crippen molar-refractivity contribution in [3.63, 3.8) is 0 Å². The molecule has 0 aromatic carbocycles. The Morgan fingerprint density at radius 1 is 1.31 bits per heavy atom. The highest BCUT2D eigenvalue weighted by molar-refractivity contribution is 5.78. The zero-order chi connectivity index (χ0) is 9.42. The Kier molecular flexibility index (Phi) is 1.79. The molecule has 0 spiro atoms. The maximum Gasteiger partial charge on any atom is 0.141 e.